The SMILES string of the molecule is CC(=O)c1ccc(C(O)C(O)CCO)cn1. The van der Waals surface area contributed by atoms with Crippen molar-refractivity contribution in [3.05, 3.63) is 29.6 Å². The zero-order valence-electron chi connectivity index (χ0n) is 9.00. The van der Waals surface area contributed by atoms with E-state index in [0.717, 1.165) is 0 Å². The molecular formula is C11H15NO4. The number of pyridine rings is 1. The van der Waals surface area contributed by atoms with Gasteiger partial charge in [-0.15, -0.1) is 0 Å². The Hall–Kier alpha value is -1.30. The normalized spacial score (nSPS) is 14.5. The summed E-state index contributed by atoms with van der Waals surface area (Å²) in [5.74, 6) is -0.156. The molecule has 0 saturated carbocycles. The van der Waals surface area contributed by atoms with Crippen molar-refractivity contribution >= 4 is 5.78 Å². The molecule has 1 heterocycles. The van der Waals surface area contributed by atoms with Crippen molar-refractivity contribution in [1.82, 2.24) is 4.98 Å². The molecule has 16 heavy (non-hydrogen) atoms. The summed E-state index contributed by atoms with van der Waals surface area (Å²) in [5, 5.41) is 27.7. The monoisotopic (exact) mass is 225 g/mol. The molecule has 5 nitrogen and oxygen atoms in total. The van der Waals surface area contributed by atoms with Crippen molar-refractivity contribution in [3.8, 4) is 0 Å². The predicted octanol–water partition coefficient (Wildman–Crippen LogP) is 0.0609. The van der Waals surface area contributed by atoms with Crippen molar-refractivity contribution in [2.75, 3.05) is 6.61 Å². The fraction of sp³-hybridized carbons (Fsp3) is 0.455. The van der Waals surface area contributed by atoms with Crippen molar-refractivity contribution in [1.29, 1.82) is 0 Å². The summed E-state index contributed by atoms with van der Waals surface area (Å²) in [6, 6.07) is 3.03. The van der Waals surface area contributed by atoms with Gasteiger partial charge in [0.25, 0.3) is 0 Å². The minimum atomic E-state index is -1.10. The molecule has 0 amide bonds. The molecule has 0 fully saturated rings. The van der Waals surface area contributed by atoms with Crippen LogP contribution in [0, 0.1) is 0 Å². The maximum Gasteiger partial charge on any atom is 0.178 e. The number of hydrogen-bond donors (Lipinski definition) is 3. The van der Waals surface area contributed by atoms with Gasteiger partial charge in [0.2, 0.25) is 0 Å². The molecule has 0 saturated heterocycles. The highest BCUT2D eigenvalue weighted by Crippen LogP contribution is 2.18. The average Bonchev–Trinajstić information content (AvgIpc) is 2.28. The van der Waals surface area contributed by atoms with Crippen LogP contribution >= 0.6 is 0 Å². The number of carbonyl (C=O) groups is 1. The summed E-state index contributed by atoms with van der Waals surface area (Å²) in [4.78, 5) is 14.8. The van der Waals surface area contributed by atoms with Gasteiger partial charge in [0.15, 0.2) is 5.78 Å². The zero-order valence-corrected chi connectivity index (χ0v) is 9.00. The van der Waals surface area contributed by atoms with Crippen LogP contribution < -0.4 is 0 Å². The van der Waals surface area contributed by atoms with Crippen LogP contribution in [0.4, 0.5) is 0 Å². The third kappa shape index (κ3) is 3.10. The number of rotatable bonds is 5. The third-order valence-electron chi connectivity index (χ3n) is 2.28. The lowest BCUT2D eigenvalue weighted by Gasteiger charge is -2.16. The number of Topliss-reactive ketones (excluding diaryl/α,β-unsaturated/α-hetero) is 1. The number of aliphatic hydroxyl groups excluding tert-OH is 3. The summed E-state index contributed by atoms with van der Waals surface area (Å²) < 4.78 is 0. The molecule has 0 spiro atoms. The quantitative estimate of drug-likeness (QED) is 0.616. The first-order valence-electron chi connectivity index (χ1n) is 5.00. The van der Waals surface area contributed by atoms with Gasteiger partial charge >= 0.3 is 0 Å². The van der Waals surface area contributed by atoms with E-state index in [0.29, 0.717) is 11.3 Å². The van der Waals surface area contributed by atoms with Crippen LogP contribution in [0.1, 0.15) is 35.5 Å². The van der Waals surface area contributed by atoms with Gasteiger partial charge in [-0.2, -0.15) is 0 Å². The standard InChI is InChI=1S/C11H15NO4/c1-7(14)9-3-2-8(6-12-9)11(16)10(15)4-5-13/h2-3,6,10-11,13,15-16H,4-5H2,1H3. The highest BCUT2D eigenvalue weighted by Gasteiger charge is 2.18. The fourth-order valence-corrected chi connectivity index (χ4v) is 1.30. The molecule has 0 aromatic carbocycles. The van der Waals surface area contributed by atoms with Crippen molar-refractivity contribution in [2.45, 2.75) is 25.6 Å². The van der Waals surface area contributed by atoms with Crippen molar-refractivity contribution < 1.29 is 20.1 Å². The van der Waals surface area contributed by atoms with E-state index in [1.54, 1.807) is 0 Å². The predicted molar refractivity (Wildman–Crippen MR) is 56.9 cm³/mol. The average molecular weight is 225 g/mol. The third-order valence-corrected chi connectivity index (χ3v) is 2.28. The highest BCUT2D eigenvalue weighted by atomic mass is 16.3. The van der Waals surface area contributed by atoms with Crippen molar-refractivity contribution in [2.24, 2.45) is 0 Å². The minimum Gasteiger partial charge on any atom is -0.396 e. The van der Waals surface area contributed by atoms with Gasteiger partial charge in [0.05, 0.1) is 6.10 Å². The molecule has 5 heteroatoms. The molecular weight excluding hydrogens is 210 g/mol. The van der Waals surface area contributed by atoms with Crippen LogP contribution in [-0.4, -0.2) is 38.8 Å². The van der Waals surface area contributed by atoms with E-state index in [2.05, 4.69) is 4.98 Å². The first-order chi connectivity index (χ1) is 7.56. The Bertz CT molecular complexity index is 350. The van der Waals surface area contributed by atoms with Crippen LogP contribution in [-0.2, 0) is 0 Å². The number of aliphatic hydroxyl groups is 3. The Labute approximate surface area is 93.4 Å². The second-order valence-electron chi connectivity index (χ2n) is 3.56. The molecule has 0 radical (unpaired) electrons. The van der Waals surface area contributed by atoms with E-state index in [4.69, 9.17) is 5.11 Å². The van der Waals surface area contributed by atoms with Crippen LogP contribution in [0.2, 0.25) is 0 Å². The molecule has 0 aliphatic carbocycles. The Balaban J connectivity index is 2.77. The van der Waals surface area contributed by atoms with E-state index in [1.807, 2.05) is 0 Å². The lowest BCUT2D eigenvalue weighted by molar-refractivity contribution is 0.00403. The van der Waals surface area contributed by atoms with Crippen LogP contribution in [0.25, 0.3) is 0 Å². The second kappa shape index (κ2) is 5.69. The number of carbonyl (C=O) groups excluding carboxylic acids is 1. The maximum atomic E-state index is 11.0. The van der Waals surface area contributed by atoms with E-state index in [9.17, 15) is 15.0 Å². The van der Waals surface area contributed by atoms with E-state index in [-0.39, 0.29) is 18.8 Å². The van der Waals surface area contributed by atoms with Gasteiger partial charge in [0.1, 0.15) is 11.8 Å². The number of hydrogen-bond acceptors (Lipinski definition) is 5. The maximum absolute atomic E-state index is 11.0. The summed E-state index contributed by atoms with van der Waals surface area (Å²) >= 11 is 0. The van der Waals surface area contributed by atoms with Crippen molar-refractivity contribution in [3.63, 3.8) is 0 Å². The van der Waals surface area contributed by atoms with Gasteiger partial charge in [-0.25, -0.2) is 0 Å². The molecule has 3 N–H and O–H groups in total. The van der Waals surface area contributed by atoms with Gasteiger partial charge < -0.3 is 15.3 Å². The Morgan fingerprint density at radius 2 is 2.12 bits per heavy atom. The Kier molecular flexibility index (Phi) is 4.54. The molecule has 2 atom stereocenters. The van der Waals surface area contributed by atoms with Crippen LogP contribution in [0.5, 0.6) is 0 Å². The topological polar surface area (TPSA) is 90.7 Å². The first kappa shape index (κ1) is 12.8. The van der Waals surface area contributed by atoms with Crippen LogP contribution in [0.15, 0.2) is 18.3 Å². The summed E-state index contributed by atoms with van der Waals surface area (Å²) in [6.07, 6.45) is -0.687. The van der Waals surface area contributed by atoms with E-state index in [1.165, 1.54) is 25.3 Å². The Morgan fingerprint density at radius 3 is 2.56 bits per heavy atom. The lowest BCUT2D eigenvalue weighted by atomic mass is 10.0. The molecule has 1 rings (SSSR count). The van der Waals surface area contributed by atoms with Gasteiger partial charge in [-0.1, -0.05) is 6.07 Å². The molecule has 0 aliphatic rings. The fourth-order valence-electron chi connectivity index (χ4n) is 1.30. The molecule has 1 aromatic heterocycles. The molecule has 0 bridgehead atoms. The molecule has 88 valence electrons. The molecule has 2 unspecified atom stereocenters. The zero-order chi connectivity index (χ0) is 12.1. The number of aromatic nitrogens is 1. The lowest BCUT2D eigenvalue weighted by Crippen LogP contribution is -2.19. The molecule has 0 aliphatic heterocycles. The highest BCUT2D eigenvalue weighted by molar-refractivity contribution is 5.91. The van der Waals surface area contributed by atoms with E-state index < -0.39 is 12.2 Å². The summed E-state index contributed by atoms with van der Waals surface area (Å²) in [6.45, 7) is 1.20. The minimum absolute atomic E-state index is 0.0929. The largest absolute Gasteiger partial charge is 0.396 e. The van der Waals surface area contributed by atoms with Gasteiger partial charge in [0, 0.05) is 25.3 Å². The first-order valence-corrected chi connectivity index (χ1v) is 5.00. The molecule has 1 aromatic rings. The Morgan fingerprint density at radius 1 is 1.44 bits per heavy atom. The van der Waals surface area contributed by atoms with Gasteiger partial charge in [-0.3, -0.25) is 9.78 Å². The summed E-state index contributed by atoms with van der Waals surface area (Å²) in [5.41, 5.74) is 0.735. The second-order valence-corrected chi connectivity index (χ2v) is 3.56. The summed E-state index contributed by atoms with van der Waals surface area (Å²) in [7, 11) is 0. The number of ketones is 1. The smallest absolute Gasteiger partial charge is 0.178 e. The van der Waals surface area contributed by atoms with Crippen LogP contribution in [0.3, 0.4) is 0 Å². The van der Waals surface area contributed by atoms with E-state index >= 15 is 0 Å². The number of nitrogens with zero attached hydrogens (tertiary/aromatic N) is 1. The van der Waals surface area contributed by atoms with Gasteiger partial charge in [-0.05, 0) is 12.5 Å².